The minimum Gasteiger partial charge on any atom is -0.361 e. The molecule has 2 N–H and O–H groups in total. The molecule has 0 heterocycles. The average molecular weight is 252 g/mol. The van der Waals surface area contributed by atoms with Crippen molar-refractivity contribution < 1.29 is 56.2 Å². The molecule has 0 saturated heterocycles. The predicted octanol–water partition coefficient (Wildman–Crippen LogP) is -0.154. The van der Waals surface area contributed by atoms with Crippen LogP contribution in [0.15, 0.2) is 48.2 Å². The molecule has 82 valence electrons. The second-order valence-electron chi connectivity index (χ2n) is 3.51. The number of anilines is 1. The average Bonchev–Trinajstić information content (AvgIpc) is 2.31. The van der Waals surface area contributed by atoms with E-state index in [0.29, 0.717) is 0 Å². The number of allylic oxidation sites excluding steroid dienone is 3. The first kappa shape index (κ1) is 14.7. The Morgan fingerprint density at radius 1 is 1.29 bits per heavy atom. The van der Waals surface area contributed by atoms with E-state index >= 15 is 0 Å². The van der Waals surface area contributed by atoms with Crippen molar-refractivity contribution in [3.63, 3.8) is 0 Å². The molecular formula is C13H13KN2O. The Morgan fingerprint density at radius 2 is 2.18 bits per heavy atom. The van der Waals surface area contributed by atoms with Gasteiger partial charge in [0, 0.05) is 5.70 Å². The van der Waals surface area contributed by atoms with E-state index in [9.17, 15) is 4.79 Å². The minimum absolute atomic E-state index is 0. The van der Waals surface area contributed by atoms with Gasteiger partial charge in [-0.1, -0.05) is 17.8 Å². The number of urea groups is 1. The number of nitrogens with one attached hydrogen (secondary N) is 2. The Hall–Kier alpha value is -0.394. The van der Waals surface area contributed by atoms with E-state index < -0.39 is 0 Å². The number of carbonyl (C=O) groups excluding carboxylic acids is 1. The van der Waals surface area contributed by atoms with Crippen LogP contribution in [0.1, 0.15) is 12.8 Å². The van der Waals surface area contributed by atoms with Crippen molar-refractivity contribution in [2.75, 3.05) is 5.32 Å². The molecule has 0 atom stereocenters. The van der Waals surface area contributed by atoms with Crippen molar-refractivity contribution in [1.29, 1.82) is 0 Å². The molecule has 0 aromatic heterocycles. The Morgan fingerprint density at radius 3 is 2.82 bits per heavy atom. The summed E-state index contributed by atoms with van der Waals surface area (Å²) in [5, 5.41) is 5.51. The number of amides is 2. The van der Waals surface area contributed by atoms with Gasteiger partial charge in [-0.05, 0) is 18.9 Å². The summed E-state index contributed by atoms with van der Waals surface area (Å²) in [7, 11) is 0. The van der Waals surface area contributed by atoms with E-state index in [1.165, 1.54) is 0 Å². The second-order valence-corrected chi connectivity index (χ2v) is 3.51. The van der Waals surface area contributed by atoms with Gasteiger partial charge in [-0.3, -0.25) is 0 Å². The van der Waals surface area contributed by atoms with E-state index in [4.69, 9.17) is 0 Å². The molecule has 1 aromatic rings. The van der Waals surface area contributed by atoms with Crippen molar-refractivity contribution >= 4 is 11.7 Å². The van der Waals surface area contributed by atoms with Gasteiger partial charge in [0.05, 0.1) is 0 Å². The molecular weight excluding hydrogens is 239 g/mol. The van der Waals surface area contributed by atoms with Gasteiger partial charge in [-0.15, -0.1) is 6.07 Å². The fourth-order valence-corrected chi connectivity index (χ4v) is 1.47. The molecule has 2 rings (SSSR count). The molecule has 1 aliphatic rings. The van der Waals surface area contributed by atoms with Gasteiger partial charge in [-0.25, -0.2) is 4.79 Å². The Bertz CT molecular complexity index is 426. The minimum atomic E-state index is -0.225. The zero-order chi connectivity index (χ0) is 11.2. The molecule has 2 amide bonds. The van der Waals surface area contributed by atoms with E-state index in [-0.39, 0.29) is 57.4 Å². The molecule has 0 spiro atoms. The molecule has 0 aliphatic heterocycles. The summed E-state index contributed by atoms with van der Waals surface area (Å²) in [6, 6.07) is 9.84. The van der Waals surface area contributed by atoms with Crippen LogP contribution in [0.3, 0.4) is 0 Å². The Labute approximate surface area is 144 Å². The third-order valence-electron chi connectivity index (χ3n) is 2.22. The second kappa shape index (κ2) is 7.84. The summed E-state index contributed by atoms with van der Waals surface area (Å²) in [5.41, 5.74) is 1.59. The molecule has 0 radical (unpaired) electrons. The standard InChI is InChI=1S/C13H13N2O.K/c16-13(14-11-7-3-1-4-8-11)15-12-9-5-2-6-10-12;/h1,3,5,7-10H,2,6H2,(H2,14,15,16);/q-1;+1. The molecule has 1 aromatic carbocycles. The topological polar surface area (TPSA) is 41.1 Å². The van der Waals surface area contributed by atoms with Crippen molar-refractivity contribution in [2.24, 2.45) is 0 Å². The van der Waals surface area contributed by atoms with Crippen molar-refractivity contribution in [1.82, 2.24) is 5.32 Å². The summed E-state index contributed by atoms with van der Waals surface area (Å²) in [6.45, 7) is 0. The Balaban J connectivity index is 0.00000144. The summed E-state index contributed by atoms with van der Waals surface area (Å²) >= 11 is 0. The molecule has 0 unspecified atom stereocenters. The SMILES string of the molecule is O=C(NC1=CCCC=C1)Nc1c[c-]ccc1.[K+]. The largest absolute Gasteiger partial charge is 1.00 e. The van der Waals surface area contributed by atoms with E-state index in [0.717, 1.165) is 24.2 Å². The fourth-order valence-electron chi connectivity index (χ4n) is 1.47. The van der Waals surface area contributed by atoms with Gasteiger partial charge in [0.1, 0.15) is 0 Å². The van der Waals surface area contributed by atoms with Crippen LogP contribution in [0.5, 0.6) is 0 Å². The molecule has 0 bridgehead atoms. The summed E-state index contributed by atoms with van der Waals surface area (Å²) < 4.78 is 0. The third-order valence-corrected chi connectivity index (χ3v) is 2.22. The van der Waals surface area contributed by atoms with Gasteiger partial charge >= 0.3 is 57.4 Å². The molecule has 17 heavy (non-hydrogen) atoms. The number of hydrogen-bond acceptors (Lipinski definition) is 1. The third kappa shape index (κ3) is 5.18. The first-order valence-electron chi connectivity index (χ1n) is 5.25. The molecule has 1 aliphatic carbocycles. The zero-order valence-electron chi connectivity index (χ0n) is 9.86. The van der Waals surface area contributed by atoms with E-state index in [2.05, 4.69) is 16.7 Å². The van der Waals surface area contributed by atoms with Crippen LogP contribution in [0.25, 0.3) is 0 Å². The molecule has 0 fully saturated rings. The normalized spacial score (nSPS) is 13.3. The van der Waals surface area contributed by atoms with Crippen LogP contribution in [-0.2, 0) is 0 Å². The van der Waals surface area contributed by atoms with Crippen LogP contribution in [0.2, 0.25) is 0 Å². The maximum Gasteiger partial charge on any atom is 1.00 e. The maximum absolute atomic E-state index is 11.6. The summed E-state index contributed by atoms with van der Waals surface area (Å²) in [4.78, 5) is 11.6. The maximum atomic E-state index is 11.6. The quantitative estimate of drug-likeness (QED) is 0.558. The first-order valence-corrected chi connectivity index (χ1v) is 5.25. The molecule has 4 heteroatoms. The number of benzene rings is 1. The number of rotatable bonds is 2. The fraction of sp³-hybridized carbons (Fsp3) is 0.154. The monoisotopic (exact) mass is 252 g/mol. The summed E-state index contributed by atoms with van der Waals surface area (Å²) in [6.07, 6.45) is 7.99. The van der Waals surface area contributed by atoms with Crippen LogP contribution in [0.4, 0.5) is 10.5 Å². The smallest absolute Gasteiger partial charge is 0.361 e. The van der Waals surface area contributed by atoms with Crippen LogP contribution in [-0.4, -0.2) is 6.03 Å². The van der Waals surface area contributed by atoms with Crippen molar-refractivity contribution in [2.45, 2.75) is 12.8 Å². The van der Waals surface area contributed by atoms with E-state index in [1.54, 1.807) is 12.1 Å². The number of hydrogen-bond donors (Lipinski definition) is 2. The van der Waals surface area contributed by atoms with Gasteiger partial charge in [0.2, 0.25) is 0 Å². The van der Waals surface area contributed by atoms with Crippen LogP contribution in [0, 0.1) is 6.07 Å². The van der Waals surface area contributed by atoms with Gasteiger partial charge in [-0.2, -0.15) is 24.3 Å². The van der Waals surface area contributed by atoms with Crippen LogP contribution < -0.4 is 62.0 Å². The van der Waals surface area contributed by atoms with Crippen LogP contribution >= 0.6 is 0 Å². The van der Waals surface area contributed by atoms with Gasteiger partial charge in [0.15, 0.2) is 0 Å². The Kier molecular flexibility index (Phi) is 6.76. The zero-order valence-corrected chi connectivity index (χ0v) is 13.0. The van der Waals surface area contributed by atoms with E-state index in [1.807, 2.05) is 30.4 Å². The van der Waals surface area contributed by atoms with Crippen molar-refractivity contribution in [3.05, 3.63) is 54.3 Å². The van der Waals surface area contributed by atoms with Crippen molar-refractivity contribution in [3.8, 4) is 0 Å². The number of carbonyl (C=O) groups is 1. The first-order chi connectivity index (χ1) is 7.84. The van der Waals surface area contributed by atoms with Gasteiger partial charge < -0.3 is 10.6 Å². The predicted molar refractivity (Wildman–Crippen MR) is 63.9 cm³/mol. The molecule has 3 nitrogen and oxygen atoms in total. The summed E-state index contributed by atoms with van der Waals surface area (Å²) in [5.74, 6) is 0. The molecule has 0 saturated carbocycles. The van der Waals surface area contributed by atoms with Gasteiger partial charge in [0.25, 0.3) is 0 Å².